The quantitative estimate of drug-likeness (QED) is 0.483. The molecule has 0 radical (unpaired) electrons. The molecule has 0 bridgehead atoms. The molecular formula is C24H20F2N6O2. The molecular weight excluding hydrogens is 442 g/mol. The van der Waals surface area contributed by atoms with Crippen molar-refractivity contribution in [1.82, 2.24) is 25.1 Å². The van der Waals surface area contributed by atoms with Crippen LogP contribution in [-0.2, 0) is 0 Å². The van der Waals surface area contributed by atoms with Crippen LogP contribution in [-0.4, -0.2) is 44.1 Å². The number of hydrogen-bond donors (Lipinski definition) is 1. The summed E-state index contributed by atoms with van der Waals surface area (Å²) in [5, 5.41) is 8.11. The highest BCUT2D eigenvalue weighted by Gasteiger charge is 2.25. The predicted molar refractivity (Wildman–Crippen MR) is 122 cm³/mol. The van der Waals surface area contributed by atoms with Crippen LogP contribution in [0.4, 0.5) is 14.6 Å². The molecule has 0 spiro atoms. The average molecular weight is 462 g/mol. The van der Waals surface area contributed by atoms with Gasteiger partial charge in [-0.05, 0) is 36.3 Å². The molecule has 1 aliphatic heterocycles. The lowest BCUT2D eigenvalue weighted by molar-refractivity contribution is 0.0763. The van der Waals surface area contributed by atoms with Crippen molar-refractivity contribution in [2.75, 3.05) is 18.8 Å². The molecule has 2 aromatic carbocycles. The Balaban J connectivity index is 0.00000289. The van der Waals surface area contributed by atoms with E-state index in [4.69, 9.17) is 10.2 Å². The van der Waals surface area contributed by atoms with E-state index in [0.717, 1.165) is 23.3 Å². The molecule has 0 aliphatic carbocycles. The topological polar surface area (TPSA) is 111 Å². The van der Waals surface area contributed by atoms with Gasteiger partial charge in [0.05, 0.1) is 11.9 Å². The van der Waals surface area contributed by atoms with Gasteiger partial charge in [-0.25, -0.2) is 18.7 Å². The molecule has 0 atom stereocenters. The molecule has 1 aliphatic rings. The SMILES string of the molecule is Nc1ncc(C2=CCN(C(=O)c3c(F)cccc3F)CC2)nc1-c1nnc(-c2ccccc2)o1.[HH]. The summed E-state index contributed by atoms with van der Waals surface area (Å²) in [6.07, 6.45) is 3.71. The first-order chi connectivity index (χ1) is 16.5. The first kappa shape index (κ1) is 21.4. The van der Waals surface area contributed by atoms with Crippen LogP contribution >= 0.6 is 0 Å². The largest absolute Gasteiger partial charge is 0.414 e. The third kappa shape index (κ3) is 4.01. The molecule has 172 valence electrons. The second-order valence-corrected chi connectivity index (χ2v) is 7.59. The summed E-state index contributed by atoms with van der Waals surface area (Å²) in [4.78, 5) is 22.8. The summed E-state index contributed by atoms with van der Waals surface area (Å²) in [7, 11) is 0. The first-order valence-corrected chi connectivity index (χ1v) is 10.5. The lowest BCUT2D eigenvalue weighted by atomic mass is 10.0. The van der Waals surface area contributed by atoms with Gasteiger partial charge in [-0.3, -0.25) is 4.79 Å². The highest BCUT2D eigenvalue weighted by atomic mass is 19.1. The number of amides is 1. The lowest BCUT2D eigenvalue weighted by Gasteiger charge is -2.26. The molecule has 10 heteroatoms. The summed E-state index contributed by atoms with van der Waals surface area (Å²) >= 11 is 0. The van der Waals surface area contributed by atoms with Gasteiger partial charge in [0.1, 0.15) is 17.2 Å². The fourth-order valence-corrected chi connectivity index (χ4v) is 3.67. The molecule has 4 aromatic rings. The van der Waals surface area contributed by atoms with Gasteiger partial charge in [-0.15, -0.1) is 10.2 Å². The van der Waals surface area contributed by atoms with Gasteiger partial charge in [-0.2, -0.15) is 0 Å². The van der Waals surface area contributed by atoms with Crippen LogP contribution in [0.2, 0.25) is 0 Å². The Hall–Kier alpha value is -4.47. The molecule has 1 amide bonds. The summed E-state index contributed by atoms with van der Waals surface area (Å²) in [5.74, 6) is -1.88. The molecule has 5 rings (SSSR count). The lowest BCUT2D eigenvalue weighted by Crippen LogP contribution is -2.35. The maximum atomic E-state index is 14.0. The van der Waals surface area contributed by atoms with Crippen LogP contribution in [0.15, 0.2) is 65.2 Å². The van der Waals surface area contributed by atoms with Crippen molar-refractivity contribution in [3.05, 3.63) is 83.7 Å². The highest BCUT2D eigenvalue weighted by molar-refractivity contribution is 5.95. The molecule has 0 saturated heterocycles. The monoisotopic (exact) mass is 462 g/mol. The number of nitrogens with zero attached hydrogens (tertiary/aromatic N) is 5. The molecule has 2 N–H and O–H groups in total. The second-order valence-electron chi connectivity index (χ2n) is 7.59. The summed E-state index contributed by atoms with van der Waals surface area (Å²) in [6, 6.07) is 12.6. The third-order valence-corrected chi connectivity index (χ3v) is 5.45. The van der Waals surface area contributed by atoms with E-state index in [1.165, 1.54) is 17.2 Å². The Morgan fingerprint density at radius 1 is 1.03 bits per heavy atom. The Kier molecular flexibility index (Phi) is 5.54. The number of aromatic nitrogens is 4. The van der Waals surface area contributed by atoms with Crippen LogP contribution in [0.3, 0.4) is 0 Å². The number of halogens is 2. The van der Waals surface area contributed by atoms with Crippen LogP contribution in [0, 0.1) is 11.6 Å². The van der Waals surface area contributed by atoms with Gasteiger partial charge in [0.2, 0.25) is 5.89 Å². The zero-order valence-corrected chi connectivity index (χ0v) is 17.8. The van der Waals surface area contributed by atoms with Crippen molar-refractivity contribution >= 4 is 17.3 Å². The minimum Gasteiger partial charge on any atom is -0.414 e. The van der Waals surface area contributed by atoms with Crippen LogP contribution < -0.4 is 5.73 Å². The minimum absolute atomic E-state index is 0. The Morgan fingerprint density at radius 2 is 1.76 bits per heavy atom. The van der Waals surface area contributed by atoms with Gasteiger partial charge >= 0.3 is 0 Å². The fraction of sp³-hybridized carbons (Fsp3) is 0.125. The minimum atomic E-state index is -0.886. The van der Waals surface area contributed by atoms with Crippen molar-refractivity contribution in [3.8, 4) is 23.0 Å². The normalized spacial score (nSPS) is 13.6. The van der Waals surface area contributed by atoms with Gasteiger partial charge < -0.3 is 15.1 Å². The van der Waals surface area contributed by atoms with Crippen molar-refractivity contribution in [2.45, 2.75) is 6.42 Å². The number of benzene rings is 2. The van der Waals surface area contributed by atoms with Crippen molar-refractivity contribution in [1.29, 1.82) is 0 Å². The fourth-order valence-electron chi connectivity index (χ4n) is 3.67. The number of nitrogens with two attached hydrogens (primary N) is 1. The van der Waals surface area contributed by atoms with Gasteiger partial charge in [-0.1, -0.05) is 30.3 Å². The second kappa shape index (κ2) is 8.81. The smallest absolute Gasteiger partial charge is 0.270 e. The van der Waals surface area contributed by atoms with E-state index in [0.29, 0.717) is 18.0 Å². The standard InChI is InChI=1S/C24H18F2N6O2.H2/c25-16-7-4-8-17(26)19(16)24(33)32-11-9-14(10-12-32)18-13-28-21(27)20(29-18)23-31-30-22(34-23)15-5-2-1-3-6-15;/h1-9,13H,10-12H2,(H2,27,28);1H. The average Bonchev–Trinajstić information content (AvgIpc) is 3.35. The van der Waals surface area contributed by atoms with E-state index in [-0.39, 0.29) is 31.9 Å². The summed E-state index contributed by atoms with van der Waals surface area (Å²) in [5.41, 5.74) is 7.81. The molecule has 3 heterocycles. The summed E-state index contributed by atoms with van der Waals surface area (Å²) in [6.45, 7) is 0.431. The number of carbonyl (C=O) groups is 1. The molecule has 8 nitrogen and oxygen atoms in total. The van der Waals surface area contributed by atoms with E-state index >= 15 is 0 Å². The number of anilines is 1. The van der Waals surface area contributed by atoms with Crippen molar-refractivity contribution < 1.29 is 19.4 Å². The van der Waals surface area contributed by atoms with E-state index in [1.807, 2.05) is 30.3 Å². The van der Waals surface area contributed by atoms with E-state index < -0.39 is 23.1 Å². The molecule has 34 heavy (non-hydrogen) atoms. The summed E-state index contributed by atoms with van der Waals surface area (Å²) < 4.78 is 33.7. The number of nitrogen functional groups attached to an aromatic ring is 1. The molecule has 0 saturated carbocycles. The van der Waals surface area contributed by atoms with E-state index in [1.54, 1.807) is 6.08 Å². The Morgan fingerprint density at radius 3 is 2.47 bits per heavy atom. The zero-order chi connectivity index (χ0) is 23.7. The van der Waals surface area contributed by atoms with Crippen molar-refractivity contribution in [3.63, 3.8) is 0 Å². The van der Waals surface area contributed by atoms with Crippen molar-refractivity contribution in [2.24, 2.45) is 0 Å². The number of hydrogen-bond acceptors (Lipinski definition) is 7. The maximum absolute atomic E-state index is 14.0. The molecule has 2 aromatic heterocycles. The van der Waals surface area contributed by atoms with E-state index in [9.17, 15) is 13.6 Å². The van der Waals surface area contributed by atoms with Gasteiger partial charge in [0.25, 0.3) is 11.8 Å². The first-order valence-electron chi connectivity index (χ1n) is 10.5. The maximum Gasteiger partial charge on any atom is 0.270 e. The Labute approximate surface area is 194 Å². The van der Waals surface area contributed by atoms with Gasteiger partial charge in [0.15, 0.2) is 11.5 Å². The van der Waals surface area contributed by atoms with Crippen LogP contribution in [0.25, 0.3) is 28.6 Å². The third-order valence-electron chi connectivity index (χ3n) is 5.45. The predicted octanol–water partition coefficient (Wildman–Crippen LogP) is 4.23. The van der Waals surface area contributed by atoms with Crippen LogP contribution in [0.1, 0.15) is 23.9 Å². The highest BCUT2D eigenvalue weighted by Crippen LogP contribution is 2.28. The Bertz CT molecular complexity index is 1390. The van der Waals surface area contributed by atoms with Gasteiger partial charge in [0, 0.05) is 20.1 Å². The molecule has 0 unspecified atom stereocenters. The van der Waals surface area contributed by atoms with Crippen LogP contribution in [0.5, 0.6) is 0 Å². The number of rotatable bonds is 4. The number of carbonyl (C=O) groups excluding carboxylic acids is 1. The zero-order valence-electron chi connectivity index (χ0n) is 17.8. The van der Waals surface area contributed by atoms with E-state index in [2.05, 4.69) is 20.2 Å². The molecule has 0 fully saturated rings.